The third-order valence-electron chi connectivity index (χ3n) is 8.00. The van der Waals surface area contributed by atoms with Gasteiger partial charge in [0.05, 0.1) is 24.3 Å². The van der Waals surface area contributed by atoms with E-state index in [0.29, 0.717) is 48.0 Å². The van der Waals surface area contributed by atoms with Gasteiger partial charge in [-0.05, 0) is 85.7 Å². The lowest BCUT2D eigenvalue weighted by Crippen LogP contribution is -2.34. The van der Waals surface area contributed by atoms with Gasteiger partial charge in [-0.15, -0.1) is 0 Å². The summed E-state index contributed by atoms with van der Waals surface area (Å²) in [6.45, 7) is 5.53. The lowest BCUT2D eigenvalue weighted by molar-refractivity contribution is -0.143. The van der Waals surface area contributed by atoms with Crippen LogP contribution in [0.4, 0.5) is 31.1 Å². The van der Waals surface area contributed by atoms with Gasteiger partial charge in [0.25, 0.3) is 5.89 Å². The van der Waals surface area contributed by atoms with Crippen molar-refractivity contribution in [1.29, 1.82) is 0 Å². The van der Waals surface area contributed by atoms with Crippen molar-refractivity contribution in [2.45, 2.75) is 76.9 Å². The zero-order chi connectivity index (χ0) is 32.0. The molecule has 7 nitrogen and oxygen atoms in total. The highest BCUT2D eigenvalue weighted by atomic mass is 19.4. The fourth-order valence-electron chi connectivity index (χ4n) is 5.64. The highest BCUT2D eigenvalue weighted by Gasteiger charge is 2.43. The Morgan fingerprint density at radius 1 is 1.00 bits per heavy atom. The molecule has 1 aliphatic heterocycles. The van der Waals surface area contributed by atoms with E-state index in [1.54, 1.807) is 26.2 Å². The standard InChI is InChI=1S/C31H31F6N3O4/c1-16(2)27-38-28(44-39-27)18-9-10-25(42-4)24(13-18)23-8-6-5-7-19(23)15-40-17(3)26(43-29(40)41)20-11-21(30(32,33)34)14-22(12-20)31(35,36)37/h9-14,16-17,26H,5-8,15H2,1-4H3/t17-,26-/m0/s1. The molecule has 5 rings (SSSR count). The molecule has 0 spiro atoms. The molecule has 1 amide bonds. The molecule has 13 heteroatoms. The Bertz CT molecular complexity index is 1540. The van der Waals surface area contributed by atoms with Gasteiger partial charge in [0.1, 0.15) is 11.9 Å². The van der Waals surface area contributed by atoms with Crippen molar-refractivity contribution in [3.63, 3.8) is 0 Å². The number of carbonyl (C=O) groups excluding carboxylic acids is 1. The van der Waals surface area contributed by atoms with Gasteiger partial charge in [0.15, 0.2) is 5.82 Å². The Kier molecular flexibility index (Phi) is 8.43. The van der Waals surface area contributed by atoms with Gasteiger partial charge in [-0.25, -0.2) is 4.79 Å². The number of rotatable bonds is 7. The van der Waals surface area contributed by atoms with Gasteiger partial charge in [0, 0.05) is 23.6 Å². The Balaban J connectivity index is 1.49. The van der Waals surface area contributed by atoms with E-state index in [1.165, 1.54) is 4.90 Å². The Morgan fingerprint density at radius 3 is 2.25 bits per heavy atom. The number of carbonyl (C=O) groups is 1. The van der Waals surface area contributed by atoms with Crippen LogP contribution in [0.3, 0.4) is 0 Å². The molecule has 0 N–H and O–H groups in total. The van der Waals surface area contributed by atoms with E-state index >= 15 is 0 Å². The molecule has 1 saturated heterocycles. The fourth-order valence-corrected chi connectivity index (χ4v) is 5.64. The summed E-state index contributed by atoms with van der Waals surface area (Å²) in [5.74, 6) is 1.56. The van der Waals surface area contributed by atoms with Crippen LogP contribution in [0.15, 0.2) is 46.5 Å². The van der Waals surface area contributed by atoms with Crippen molar-refractivity contribution < 1.29 is 45.1 Å². The maximum Gasteiger partial charge on any atom is 0.416 e. The molecule has 0 saturated carbocycles. The molecule has 1 fully saturated rings. The van der Waals surface area contributed by atoms with Gasteiger partial charge >= 0.3 is 18.4 Å². The summed E-state index contributed by atoms with van der Waals surface area (Å²) in [6.07, 6.45) is -9.18. The summed E-state index contributed by atoms with van der Waals surface area (Å²) in [6, 6.07) is 5.90. The van der Waals surface area contributed by atoms with Crippen LogP contribution in [-0.4, -0.2) is 40.8 Å². The van der Waals surface area contributed by atoms with Crippen molar-refractivity contribution in [2.24, 2.45) is 0 Å². The third-order valence-corrected chi connectivity index (χ3v) is 8.00. The van der Waals surface area contributed by atoms with Crippen LogP contribution in [0.1, 0.15) is 86.6 Å². The molecular weight excluding hydrogens is 592 g/mol. The number of cyclic esters (lactones) is 1. The molecule has 236 valence electrons. The van der Waals surface area contributed by atoms with Crippen LogP contribution in [0.25, 0.3) is 17.0 Å². The molecule has 0 bridgehead atoms. The van der Waals surface area contributed by atoms with Crippen molar-refractivity contribution >= 4 is 11.7 Å². The molecule has 1 aromatic heterocycles. The van der Waals surface area contributed by atoms with Crippen molar-refractivity contribution in [3.8, 4) is 17.2 Å². The van der Waals surface area contributed by atoms with E-state index in [0.717, 1.165) is 29.6 Å². The number of ether oxygens (including phenoxy) is 2. The van der Waals surface area contributed by atoms with E-state index in [1.807, 2.05) is 19.9 Å². The SMILES string of the molecule is COc1ccc(-c2nc(C(C)C)no2)cc1C1=C(CN2C(=O)O[C@H](c3cc(C(F)(F)F)cc(C(F)(F)F)c3)[C@@H]2C)CCCC1. The first kappa shape index (κ1) is 31.4. The maximum absolute atomic E-state index is 13.5. The monoisotopic (exact) mass is 623 g/mol. The summed E-state index contributed by atoms with van der Waals surface area (Å²) < 4.78 is 97.6. The molecule has 2 atom stereocenters. The fraction of sp³-hybridized carbons (Fsp3) is 0.452. The Hall–Kier alpha value is -4.03. The van der Waals surface area contributed by atoms with Crippen LogP contribution >= 0.6 is 0 Å². The second-order valence-corrected chi connectivity index (χ2v) is 11.3. The first-order valence-electron chi connectivity index (χ1n) is 14.2. The second kappa shape index (κ2) is 11.8. The first-order chi connectivity index (χ1) is 20.7. The largest absolute Gasteiger partial charge is 0.496 e. The molecule has 3 aromatic rings. The first-order valence-corrected chi connectivity index (χ1v) is 14.2. The number of aromatic nitrogens is 2. The summed E-state index contributed by atoms with van der Waals surface area (Å²) >= 11 is 0. The number of halogens is 6. The van der Waals surface area contributed by atoms with E-state index in [9.17, 15) is 31.1 Å². The molecule has 0 unspecified atom stereocenters. The quantitative estimate of drug-likeness (QED) is 0.245. The number of benzene rings is 2. The lowest BCUT2D eigenvalue weighted by atomic mass is 9.85. The summed E-state index contributed by atoms with van der Waals surface area (Å²) in [4.78, 5) is 18.9. The molecule has 0 radical (unpaired) electrons. The molecular formula is C31H31F6N3O4. The highest BCUT2D eigenvalue weighted by molar-refractivity contribution is 5.78. The number of methoxy groups -OCH3 is 1. The van der Waals surface area contributed by atoms with Gasteiger partial charge in [0.2, 0.25) is 0 Å². The smallest absolute Gasteiger partial charge is 0.416 e. The third kappa shape index (κ3) is 6.27. The average molecular weight is 624 g/mol. The zero-order valence-electron chi connectivity index (χ0n) is 24.5. The van der Waals surface area contributed by atoms with Gasteiger partial charge in [-0.2, -0.15) is 31.3 Å². The normalized spacial score (nSPS) is 19.6. The number of nitrogens with zero attached hydrogens (tertiary/aromatic N) is 3. The minimum absolute atomic E-state index is 0.0568. The number of allylic oxidation sites excluding steroid dienone is 1. The van der Waals surface area contributed by atoms with Crippen molar-refractivity contribution in [2.75, 3.05) is 13.7 Å². The predicted octanol–water partition coefficient (Wildman–Crippen LogP) is 8.82. The van der Waals surface area contributed by atoms with Crippen LogP contribution < -0.4 is 4.74 Å². The molecule has 1 aliphatic carbocycles. The Labute approximate surface area is 249 Å². The van der Waals surface area contributed by atoms with E-state index in [2.05, 4.69) is 10.1 Å². The minimum atomic E-state index is -5.02. The topological polar surface area (TPSA) is 77.7 Å². The number of alkyl halides is 6. The molecule has 44 heavy (non-hydrogen) atoms. The van der Waals surface area contributed by atoms with Crippen LogP contribution in [0.5, 0.6) is 5.75 Å². The predicted molar refractivity (Wildman–Crippen MR) is 148 cm³/mol. The summed E-state index contributed by atoms with van der Waals surface area (Å²) in [5, 5.41) is 4.03. The maximum atomic E-state index is 13.5. The molecule has 2 aliphatic rings. The van der Waals surface area contributed by atoms with Gasteiger partial charge in [-0.3, -0.25) is 4.90 Å². The summed E-state index contributed by atoms with van der Waals surface area (Å²) in [7, 11) is 1.54. The van der Waals surface area contributed by atoms with Crippen molar-refractivity contribution in [3.05, 3.63) is 70.0 Å². The number of hydrogen-bond acceptors (Lipinski definition) is 6. The van der Waals surface area contributed by atoms with Crippen molar-refractivity contribution in [1.82, 2.24) is 15.0 Å². The minimum Gasteiger partial charge on any atom is -0.496 e. The van der Waals surface area contributed by atoms with E-state index in [4.69, 9.17) is 14.0 Å². The average Bonchev–Trinajstić information content (AvgIpc) is 3.58. The lowest BCUT2D eigenvalue weighted by Gasteiger charge is -2.28. The zero-order valence-corrected chi connectivity index (χ0v) is 24.5. The van der Waals surface area contributed by atoms with E-state index in [-0.39, 0.29) is 24.1 Å². The van der Waals surface area contributed by atoms with Crippen LogP contribution in [-0.2, 0) is 17.1 Å². The number of hydrogen-bond donors (Lipinski definition) is 0. The number of amides is 1. The Morgan fingerprint density at radius 2 is 1.66 bits per heavy atom. The molecule has 2 heterocycles. The van der Waals surface area contributed by atoms with Crippen LogP contribution in [0.2, 0.25) is 0 Å². The van der Waals surface area contributed by atoms with Gasteiger partial charge < -0.3 is 14.0 Å². The van der Waals surface area contributed by atoms with Gasteiger partial charge in [-0.1, -0.05) is 19.0 Å². The highest BCUT2D eigenvalue weighted by Crippen LogP contribution is 2.43. The molecule has 2 aromatic carbocycles. The second-order valence-electron chi connectivity index (χ2n) is 11.3. The van der Waals surface area contributed by atoms with E-state index < -0.39 is 41.7 Å². The summed E-state index contributed by atoms with van der Waals surface area (Å²) in [5.41, 5.74) is -0.0248. The van der Waals surface area contributed by atoms with Crippen LogP contribution in [0, 0.1) is 0 Å².